The molecule has 1 heterocycles. The van der Waals surface area contributed by atoms with Crippen LogP contribution in [0.5, 0.6) is 0 Å². The smallest absolute Gasteiger partial charge is 0.338 e. The summed E-state index contributed by atoms with van der Waals surface area (Å²) in [5, 5.41) is 4.01. The molecule has 3 aromatic rings. The van der Waals surface area contributed by atoms with E-state index in [1.165, 1.54) is 25.0 Å². The summed E-state index contributed by atoms with van der Waals surface area (Å²) in [5.41, 5.74) is 1.93. The Bertz CT molecular complexity index is 1120. The van der Waals surface area contributed by atoms with Crippen molar-refractivity contribution in [3.05, 3.63) is 75.7 Å². The lowest BCUT2D eigenvalue weighted by Gasteiger charge is -2.04. The van der Waals surface area contributed by atoms with Gasteiger partial charge >= 0.3 is 5.97 Å². The molecule has 1 aliphatic rings. The lowest BCUT2D eigenvalue weighted by molar-refractivity contribution is 0.0437. The maximum atomic E-state index is 14.3. The summed E-state index contributed by atoms with van der Waals surface area (Å²) in [5.74, 6) is 5.61. The third-order valence-electron chi connectivity index (χ3n) is 5.03. The third-order valence-corrected chi connectivity index (χ3v) is 5.72. The van der Waals surface area contributed by atoms with E-state index in [9.17, 15) is 9.18 Å². The van der Waals surface area contributed by atoms with Crippen LogP contribution in [0.1, 0.15) is 47.4 Å². The lowest BCUT2D eigenvalue weighted by Crippen LogP contribution is -2.05. The topological polar surface area (TPSA) is 52.3 Å². The first-order valence-corrected chi connectivity index (χ1v) is 10.6. The minimum absolute atomic E-state index is 0.0961. The van der Waals surface area contributed by atoms with Crippen molar-refractivity contribution < 1.29 is 18.4 Å². The van der Waals surface area contributed by atoms with Crippen LogP contribution in [0.25, 0.3) is 11.3 Å². The molecular formula is C24H19BrFNO3. The predicted octanol–water partition coefficient (Wildman–Crippen LogP) is 6.14. The molecule has 0 spiro atoms. The molecule has 1 aliphatic carbocycles. The van der Waals surface area contributed by atoms with Crippen LogP contribution < -0.4 is 0 Å². The quantitative estimate of drug-likeness (QED) is 0.341. The molecule has 0 N–H and O–H groups in total. The Morgan fingerprint density at radius 2 is 2.00 bits per heavy atom. The summed E-state index contributed by atoms with van der Waals surface area (Å²) in [7, 11) is 0. The summed E-state index contributed by atoms with van der Waals surface area (Å²) in [6, 6.07) is 13.5. The minimum Gasteiger partial charge on any atom is -0.454 e. The molecule has 0 unspecified atom stereocenters. The number of esters is 1. The van der Waals surface area contributed by atoms with E-state index in [2.05, 4.69) is 32.9 Å². The Morgan fingerprint density at radius 1 is 1.20 bits per heavy atom. The van der Waals surface area contributed by atoms with E-state index in [4.69, 9.17) is 9.26 Å². The number of hydrogen-bond acceptors (Lipinski definition) is 4. The molecule has 1 fully saturated rings. The van der Waals surface area contributed by atoms with Crippen molar-refractivity contribution >= 4 is 21.9 Å². The largest absolute Gasteiger partial charge is 0.454 e. The summed E-state index contributed by atoms with van der Waals surface area (Å²) in [4.78, 5) is 12.3. The highest BCUT2D eigenvalue weighted by atomic mass is 79.9. The number of carbonyl (C=O) groups excluding carboxylic acids is 1. The summed E-state index contributed by atoms with van der Waals surface area (Å²) >= 11 is 3.47. The Balaban J connectivity index is 1.38. The van der Waals surface area contributed by atoms with Gasteiger partial charge in [0, 0.05) is 22.0 Å². The first-order chi connectivity index (χ1) is 14.6. The maximum absolute atomic E-state index is 14.3. The number of rotatable bonds is 4. The maximum Gasteiger partial charge on any atom is 0.338 e. The molecule has 152 valence electrons. The van der Waals surface area contributed by atoms with Gasteiger partial charge in [0.05, 0.1) is 11.1 Å². The third kappa shape index (κ3) is 4.80. The van der Waals surface area contributed by atoms with Gasteiger partial charge in [-0.1, -0.05) is 64.0 Å². The van der Waals surface area contributed by atoms with Crippen molar-refractivity contribution in [3.63, 3.8) is 0 Å². The van der Waals surface area contributed by atoms with Crippen molar-refractivity contribution in [2.75, 3.05) is 0 Å². The van der Waals surface area contributed by atoms with Crippen LogP contribution in [0.4, 0.5) is 4.39 Å². The Morgan fingerprint density at radius 3 is 2.77 bits per heavy atom. The van der Waals surface area contributed by atoms with Crippen LogP contribution in [0.2, 0.25) is 0 Å². The zero-order valence-corrected chi connectivity index (χ0v) is 17.7. The second kappa shape index (κ2) is 9.27. The average Bonchev–Trinajstić information content (AvgIpc) is 3.43. The van der Waals surface area contributed by atoms with Gasteiger partial charge in [-0.15, -0.1) is 0 Å². The molecular weight excluding hydrogens is 449 g/mol. The molecule has 2 aromatic carbocycles. The van der Waals surface area contributed by atoms with Crippen molar-refractivity contribution in [1.82, 2.24) is 5.16 Å². The van der Waals surface area contributed by atoms with Crippen LogP contribution in [0, 0.1) is 23.6 Å². The number of nitrogens with zero attached hydrogens (tertiary/aromatic N) is 1. The summed E-state index contributed by atoms with van der Waals surface area (Å²) in [6.45, 7) is -0.0961. The van der Waals surface area contributed by atoms with Crippen molar-refractivity contribution in [2.45, 2.75) is 32.3 Å². The van der Waals surface area contributed by atoms with Crippen LogP contribution in [-0.4, -0.2) is 11.1 Å². The highest BCUT2D eigenvalue weighted by Crippen LogP contribution is 2.27. The lowest BCUT2D eigenvalue weighted by atomic mass is 10.1. The van der Waals surface area contributed by atoms with Gasteiger partial charge in [0.1, 0.15) is 11.5 Å². The van der Waals surface area contributed by atoms with Gasteiger partial charge in [0.15, 0.2) is 12.4 Å². The van der Waals surface area contributed by atoms with Crippen molar-refractivity contribution in [2.24, 2.45) is 5.92 Å². The molecule has 4 nitrogen and oxygen atoms in total. The zero-order chi connectivity index (χ0) is 20.9. The molecule has 30 heavy (non-hydrogen) atoms. The van der Waals surface area contributed by atoms with E-state index in [-0.39, 0.29) is 12.2 Å². The van der Waals surface area contributed by atoms with Crippen LogP contribution in [0.15, 0.2) is 57.5 Å². The van der Waals surface area contributed by atoms with Gasteiger partial charge in [0.25, 0.3) is 0 Å². The molecule has 0 bridgehead atoms. The van der Waals surface area contributed by atoms with E-state index in [0.717, 1.165) is 28.9 Å². The Hall–Kier alpha value is -2.91. The molecule has 0 radical (unpaired) electrons. The van der Waals surface area contributed by atoms with E-state index < -0.39 is 11.8 Å². The fourth-order valence-electron chi connectivity index (χ4n) is 3.39. The van der Waals surface area contributed by atoms with Gasteiger partial charge in [-0.3, -0.25) is 0 Å². The van der Waals surface area contributed by atoms with E-state index >= 15 is 0 Å². The van der Waals surface area contributed by atoms with Gasteiger partial charge in [0.2, 0.25) is 0 Å². The first-order valence-electron chi connectivity index (χ1n) is 9.79. The molecule has 0 aliphatic heterocycles. The fraction of sp³-hybridized carbons (Fsp3) is 0.250. The number of hydrogen-bond donors (Lipinski definition) is 0. The minimum atomic E-state index is -0.636. The molecule has 0 atom stereocenters. The second-order valence-electron chi connectivity index (χ2n) is 7.18. The highest BCUT2D eigenvalue weighted by molar-refractivity contribution is 9.10. The van der Waals surface area contributed by atoms with E-state index in [1.54, 1.807) is 6.07 Å². The molecule has 0 amide bonds. The highest BCUT2D eigenvalue weighted by Gasteiger charge is 2.15. The monoisotopic (exact) mass is 467 g/mol. The first kappa shape index (κ1) is 20.4. The van der Waals surface area contributed by atoms with Gasteiger partial charge in [-0.2, -0.15) is 0 Å². The Kier molecular flexibility index (Phi) is 6.29. The van der Waals surface area contributed by atoms with Gasteiger partial charge in [-0.05, 0) is 37.1 Å². The van der Waals surface area contributed by atoms with Gasteiger partial charge < -0.3 is 9.26 Å². The van der Waals surface area contributed by atoms with Crippen LogP contribution >= 0.6 is 15.9 Å². The van der Waals surface area contributed by atoms with Crippen molar-refractivity contribution in [1.29, 1.82) is 0 Å². The molecule has 1 saturated carbocycles. The fourth-order valence-corrected chi connectivity index (χ4v) is 3.88. The SMILES string of the molecule is O=C(OCc1cc(-c2ccccc2Br)no1)c1ccc(C#CC2CCCC2)c(F)c1. The van der Waals surface area contributed by atoms with Crippen LogP contribution in [0.3, 0.4) is 0 Å². The molecule has 1 aromatic heterocycles. The number of benzene rings is 2. The molecule has 0 saturated heterocycles. The Labute approximate surface area is 182 Å². The number of ether oxygens (including phenoxy) is 1. The standard InChI is InChI=1S/C24H19BrFNO3/c25-21-8-4-3-7-20(21)23-14-19(30-27-23)15-29-24(28)18-12-11-17(22(26)13-18)10-9-16-5-1-2-6-16/h3-4,7-8,11-14,16H,1-2,5-6,15H2. The predicted molar refractivity (Wildman–Crippen MR) is 114 cm³/mol. The molecule has 4 rings (SSSR count). The average molecular weight is 468 g/mol. The van der Waals surface area contributed by atoms with Crippen LogP contribution in [-0.2, 0) is 11.3 Å². The van der Waals surface area contributed by atoms with Crippen molar-refractivity contribution in [3.8, 4) is 23.1 Å². The van der Waals surface area contributed by atoms with E-state index in [1.807, 2.05) is 24.3 Å². The number of halogens is 2. The summed E-state index contributed by atoms with van der Waals surface area (Å²) < 4.78 is 25.7. The van der Waals surface area contributed by atoms with Gasteiger partial charge in [-0.25, -0.2) is 9.18 Å². The normalized spacial score (nSPS) is 13.7. The molecule has 6 heteroatoms. The summed E-state index contributed by atoms with van der Waals surface area (Å²) in [6.07, 6.45) is 4.51. The number of aromatic nitrogens is 1. The zero-order valence-electron chi connectivity index (χ0n) is 16.2. The number of carbonyl (C=O) groups is 1. The van der Waals surface area contributed by atoms with E-state index in [0.29, 0.717) is 22.9 Å². The second-order valence-corrected chi connectivity index (χ2v) is 8.03.